The van der Waals surface area contributed by atoms with Gasteiger partial charge < -0.3 is 15.3 Å². The van der Waals surface area contributed by atoms with Crippen LogP contribution >= 0.6 is 0 Å². The molecule has 0 heterocycles. The van der Waals surface area contributed by atoms with Crippen LogP contribution in [0.25, 0.3) is 0 Å². The summed E-state index contributed by atoms with van der Waals surface area (Å²) in [4.78, 5) is 25.0. The molecule has 1 rings (SSSR count). The van der Waals surface area contributed by atoms with Crippen LogP contribution in [0.4, 0.5) is 4.79 Å². The Balaban J connectivity index is 2.69. The molecule has 5 heteroatoms. The van der Waals surface area contributed by atoms with Crippen molar-refractivity contribution in [1.82, 2.24) is 10.2 Å². The number of nitrogens with one attached hydrogen (secondary N) is 1. The lowest BCUT2D eigenvalue weighted by Gasteiger charge is -2.37. The fourth-order valence-electron chi connectivity index (χ4n) is 2.38. The van der Waals surface area contributed by atoms with E-state index in [1.165, 1.54) is 0 Å². The Labute approximate surface area is 109 Å². The van der Waals surface area contributed by atoms with E-state index in [9.17, 15) is 14.7 Å². The van der Waals surface area contributed by atoms with Crippen molar-refractivity contribution in [3.8, 4) is 0 Å². The second-order valence-electron chi connectivity index (χ2n) is 5.42. The van der Waals surface area contributed by atoms with Crippen LogP contribution < -0.4 is 5.32 Å². The first kappa shape index (κ1) is 14.8. The number of hydrogen-bond acceptors (Lipinski definition) is 2. The Morgan fingerprint density at radius 2 is 1.94 bits per heavy atom. The molecule has 2 amide bonds. The normalized spacial score (nSPS) is 27.6. The maximum atomic E-state index is 11.9. The number of rotatable bonds is 4. The molecule has 1 aliphatic carbocycles. The van der Waals surface area contributed by atoms with Gasteiger partial charge in [0, 0.05) is 13.6 Å². The van der Waals surface area contributed by atoms with Crippen molar-refractivity contribution in [2.24, 2.45) is 5.92 Å². The van der Waals surface area contributed by atoms with Gasteiger partial charge in [0.15, 0.2) is 0 Å². The van der Waals surface area contributed by atoms with Crippen molar-refractivity contribution in [1.29, 1.82) is 0 Å². The van der Waals surface area contributed by atoms with E-state index in [4.69, 9.17) is 0 Å². The largest absolute Gasteiger partial charge is 0.480 e. The van der Waals surface area contributed by atoms with E-state index < -0.39 is 11.5 Å². The highest BCUT2D eigenvalue weighted by atomic mass is 16.4. The number of carbonyl (C=O) groups excluding carboxylic acids is 1. The molecule has 0 aromatic rings. The predicted molar refractivity (Wildman–Crippen MR) is 69.5 cm³/mol. The van der Waals surface area contributed by atoms with Gasteiger partial charge in [0.1, 0.15) is 5.54 Å². The SMILES string of the molecule is CCCN(C)C(=O)NC1(C(=O)O)CCC(C)CC1. The highest BCUT2D eigenvalue weighted by Gasteiger charge is 2.42. The zero-order chi connectivity index (χ0) is 13.8. The number of carboxylic acid groups (broad SMARTS) is 1. The standard InChI is InChI=1S/C13H24N2O3/c1-4-9-15(3)12(18)14-13(11(16)17)7-5-10(2)6-8-13/h10H,4-9H2,1-3H3,(H,14,18)(H,16,17). The number of nitrogens with zero attached hydrogens (tertiary/aromatic N) is 1. The van der Waals surface area contributed by atoms with Crippen LogP contribution in [0.3, 0.4) is 0 Å². The van der Waals surface area contributed by atoms with Gasteiger partial charge in [-0.25, -0.2) is 9.59 Å². The number of carboxylic acids is 1. The van der Waals surface area contributed by atoms with Crippen molar-refractivity contribution >= 4 is 12.0 Å². The number of aliphatic carboxylic acids is 1. The van der Waals surface area contributed by atoms with E-state index in [2.05, 4.69) is 12.2 Å². The molecule has 1 saturated carbocycles. The van der Waals surface area contributed by atoms with Crippen molar-refractivity contribution in [2.45, 2.75) is 51.5 Å². The Bertz CT molecular complexity index is 309. The van der Waals surface area contributed by atoms with Gasteiger partial charge in [-0.05, 0) is 38.0 Å². The summed E-state index contributed by atoms with van der Waals surface area (Å²) in [5.41, 5.74) is -1.06. The predicted octanol–water partition coefficient (Wildman–Crippen LogP) is 2.07. The lowest BCUT2D eigenvalue weighted by atomic mass is 9.77. The molecule has 2 N–H and O–H groups in total. The monoisotopic (exact) mass is 256 g/mol. The first-order chi connectivity index (χ1) is 8.41. The topological polar surface area (TPSA) is 69.6 Å². The molecule has 1 aliphatic rings. The Morgan fingerprint density at radius 3 is 2.39 bits per heavy atom. The van der Waals surface area contributed by atoms with E-state index >= 15 is 0 Å². The van der Waals surface area contributed by atoms with E-state index in [1.54, 1.807) is 11.9 Å². The minimum Gasteiger partial charge on any atom is -0.480 e. The summed E-state index contributed by atoms with van der Waals surface area (Å²) in [5, 5.41) is 12.1. The fraction of sp³-hybridized carbons (Fsp3) is 0.846. The molecule has 0 atom stereocenters. The molecular formula is C13H24N2O3. The zero-order valence-electron chi connectivity index (χ0n) is 11.5. The molecule has 0 spiro atoms. The lowest BCUT2D eigenvalue weighted by Crippen LogP contribution is -2.58. The lowest BCUT2D eigenvalue weighted by molar-refractivity contribution is -0.146. The van der Waals surface area contributed by atoms with Gasteiger partial charge in [-0.3, -0.25) is 0 Å². The minimum absolute atomic E-state index is 0.284. The van der Waals surface area contributed by atoms with Crippen LogP contribution in [0.15, 0.2) is 0 Å². The van der Waals surface area contributed by atoms with Crippen molar-refractivity contribution in [3.63, 3.8) is 0 Å². The van der Waals surface area contributed by atoms with Crippen LogP contribution in [0.2, 0.25) is 0 Å². The Kier molecular flexibility index (Phi) is 4.99. The summed E-state index contributed by atoms with van der Waals surface area (Å²) in [5.74, 6) is -0.365. The van der Waals surface area contributed by atoms with E-state index in [0.29, 0.717) is 25.3 Å². The van der Waals surface area contributed by atoms with Gasteiger partial charge in [-0.1, -0.05) is 13.8 Å². The molecule has 0 aromatic heterocycles. The van der Waals surface area contributed by atoms with Crippen LogP contribution in [-0.2, 0) is 4.79 Å². The number of amides is 2. The zero-order valence-corrected chi connectivity index (χ0v) is 11.5. The van der Waals surface area contributed by atoms with Gasteiger partial charge in [0.05, 0.1) is 0 Å². The minimum atomic E-state index is -1.06. The van der Waals surface area contributed by atoms with E-state index in [0.717, 1.165) is 19.3 Å². The number of hydrogen-bond donors (Lipinski definition) is 2. The Hall–Kier alpha value is -1.26. The maximum absolute atomic E-state index is 11.9. The summed E-state index contributed by atoms with van der Waals surface area (Å²) >= 11 is 0. The maximum Gasteiger partial charge on any atom is 0.329 e. The number of carbonyl (C=O) groups is 2. The molecule has 18 heavy (non-hydrogen) atoms. The third kappa shape index (κ3) is 3.37. The summed E-state index contributed by atoms with van der Waals surface area (Å²) in [6, 6.07) is -0.284. The third-order valence-corrected chi connectivity index (χ3v) is 3.79. The number of urea groups is 1. The van der Waals surface area contributed by atoms with Crippen LogP contribution in [-0.4, -0.2) is 41.1 Å². The molecule has 1 fully saturated rings. The van der Waals surface area contributed by atoms with Crippen molar-refractivity contribution in [3.05, 3.63) is 0 Å². The average molecular weight is 256 g/mol. The van der Waals surface area contributed by atoms with Gasteiger partial charge >= 0.3 is 12.0 Å². The summed E-state index contributed by atoms with van der Waals surface area (Å²) in [7, 11) is 1.69. The third-order valence-electron chi connectivity index (χ3n) is 3.79. The molecule has 0 aliphatic heterocycles. The van der Waals surface area contributed by atoms with Gasteiger partial charge in [-0.15, -0.1) is 0 Å². The first-order valence-corrected chi connectivity index (χ1v) is 6.68. The van der Waals surface area contributed by atoms with Crippen molar-refractivity contribution in [2.75, 3.05) is 13.6 Å². The molecule has 0 unspecified atom stereocenters. The highest BCUT2D eigenvalue weighted by Crippen LogP contribution is 2.32. The van der Waals surface area contributed by atoms with Crippen LogP contribution in [0.5, 0.6) is 0 Å². The smallest absolute Gasteiger partial charge is 0.329 e. The highest BCUT2D eigenvalue weighted by molar-refractivity contribution is 5.86. The average Bonchev–Trinajstić information content (AvgIpc) is 2.32. The molecule has 0 aromatic carbocycles. The molecule has 104 valence electrons. The Morgan fingerprint density at radius 1 is 1.39 bits per heavy atom. The second kappa shape index (κ2) is 6.07. The van der Waals surface area contributed by atoms with Gasteiger partial charge in [0.2, 0.25) is 0 Å². The molecular weight excluding hydrogens is 232 g/mol. The summed E-state index contributed by atoms with van der Waals surface area (Å²) < 4.78 is 0. The van der Waals surface area contributed by atoms with E-state index in [1.807, 2.05) is 6.92 Å². The fourth-order valence-corrected chi connectivity index (χ4v) is 2.38. The van der Waals surface area contributed by atoms with Crippen molar-refractivity contribution < 1.29 is 14.7 Å². The van der Waals surface area contributed by atoms with Crippen LogP contribution in [0, 0.1) is 5.92 Å². The molecule has 0 saturated heterocycles. The second-order valence-corrected chi connectivity index (χ2v) is 5.42. The van der Waals surface area contributed by atoms with Crippen LogP contribution in [0.1, 0.15) is 46.0 Å². The molecule has 0 radical (unpaired) electrons. The molecule has 0 bridgehead atoms. The van der Waals surface area contributed by atoms with E-state index in [-0.39, 0.29) is 6.03 Å². The quantitative estimate of drug-likeness (QED) is 0.809. The molecule has 5 nitrogen and oxygen atoms in total. The van der Waals surface area contributed by atoms with Gasteiger partial charge in [-0.2, -0.15) is 0 Å². The van der Waals surface area contributed by atoms with Gasteiger partial charge in [0.25, 0.3) is 0 Å². The summed E-state index contributed by atoms with van der Waals surface area (Å²) in [6.45, 7) is 4.74. The first-order valence-electron chi connectivity index (χ1n) is 6.68. The summed E-state index contributed by atoms with van der Waals surface area (Å²) in [6.07, 6.45) is 3.61.